The zero-order chi connectivity index (χ0) is 19.2. The average Bonchev–Trinajstić information content (AvgIpc) is 2.99. The Balaban J connectivity index is 1.49. The van der Waals surface area contributed by atoms with Crippen LogP contribution in [-0.2, 0) is 11.3 Å². The number of nitrogens with one attached hydrogen (secondary N) is 1. The van der Waals surface area contributed by atoms with Gasteiger partial charge in [0.15, 0.2) is 0 Å². The van der Waals surface area contributed by atoms with Crippen LogP contribution in [0.15, 0.2) is 53.3 Å². The van der Waals surface area contributed by atoms with Gasteiger partial charge < -0.3 is 14.5 Å². The Kier molecular flexibility index (Phi) is 5.96. The maximum atomic E-state index is 12.1. The van der Waals surface area contributed by atoms with Crippen LogP contribution in [0.5, 0.6) is 5.75 Å². The van der Waals surface area contributed by atoms with E-state index in [9.17, 15) is 9.59 Å². The highest BCUT2D eigenvalue weighted by atomic mass is 16.5. The van der Waals surface area contributed by atoms with Crippen LogP contribution in [0, 0.1) is 5.92 Å². The summed E-state index contributed by atoms with van der Waals surface area (Å²) >= 11 is 0. The van der Waals surface area contributed by atoms with Gasteiger partial charge in [0, 0.05) is 6.54 Å². The minimum atomic E-state index is -0.378. The van der Waals surface area contributed by atoms with Gasteiger partial charge in [0.25, 0.3) is 0 Å². The zero-order valence-electron chi connectivity index (χ0n) is 15.6. The maximum absolute atomic E-state index is 12.1. The number of carbonyl (C=O) groups excluding carboxylic acids is 1. The van der Waals surface area contributed by atoms with Crippen molar-refractivity contribution in [2.75, 3.05) is 13.2 Å². The van der Waals surface area contributed by atoms with Crippen molar-refractivity contribution in [2.45, 2.75) is 26.8 Å². The van der Waals surface area contributed by atoms with Crippen LogP contribution in [0.25, 0.3) is 11.0 Å². The van der Waals surface area contributed by atoms with Crippen LogP contribution in [0.2, 0.25) is 0 Å². The van der Waals surface area contributed by atoms with Crippen LogP contribution < -0.4 is 10.4 Å². The molecule has 0 atom stereocenters. The van der Waals surface area contributed by atoms with Gasteiger partial charge in [-0.3, -0.25) is 4.57 Å². The van der Waals surface area contributed by atoms with Crippen molar-refractivity contribution in [1.82, 2.24) is 9.55 Å². The fourth-order valence-corrected chi connectivity index (χ4v) is 2.75. The van der Waals surface area contributed by atoms with Gasteiger partial charge >= 0.3 is 11.7 Å². The van der Waals surface area contributed by atoms with Gasteiger partial charge in [-0.05, 0) is 48.7 Å². The van der Waals surface area contributed by atoms with Gasteiger partial charge in [0.05, 0.1) is 29.8 Å². The monoisotopic (exact) mass is 368 g/mol. The van der Waals surface area contributed by atoms with E-state index in [1.54, 1.807) is 28.8 Å². The molecule has 0 unspecified atom stereocenters. The zero-order valence-corrected chi connectivity index (χ0v) is 15.6. The number of H-pyrrole nitrogens is 1. The van der Waals surface area contributed by atoms with Crippen molar-refractivity contribution >= 4 is 17.0 Å². The Hall–Kier alpha value is -3.02. The summed E-state index contributed by atoms with van der Waals surface area (Å²) in [6.07, 6.45) is 0.559. The van der Waals surface area contributed by atoms with Crippen molar-refractivity contribution in [1.29, 1.82) is 0 Å². The lowest BCUT2D eigenvalue weighted by Gasteiger charge is -2.09. The summed E-state index contributed by atoms with van der Waals surface area (Å²) in [4.78, 5) is 26.9. The minimum Gasteiger partial charge on any atom is -0.493 e. The summed E-state index contributed by atoms with van der Waals surface area (Å²) in [6, 6.07) is 14.5. The molecule has 2 aromatic carbocycles. The van der Waals surface area contributed by atoms with Crippen LogP contribution in [-0.4, -0.2) is 28.7 Å². The number of benzene rings is 2. The Morgan fingerprint density at radius 3 is 2.59 bits per heavy atom. The van der Waals surface area contributed by atoms with E-state index in [0.717, 1.165) is 16.8 Å². The molecule has 0 fully saturated rings. The molecule has 0 radical (unpaired) electrons. The second kappa shape index (κ2) is 8.58. The number of carbonyl (C=O) groups is 1. The number of aryl methyl sites for hydroxylation is 1. The Bertz CT molecular complexity index is 954. The highest BCUT2D eigenvalue weighted by Gasteiger charge is 2.09. The van der Waals surface area contributed by atoms with Crippen molar-refractivity contribution in [3.8, 4) is 5.75 Å². The standard InChI is InChI=1S/C21H24N2O4/c1-15(2)14-27-17-10-8-16(9-11-17)20(24)26-13-5-12-23-19-7-4-3-6-18(19)22-21(23)25/h3-4,6-11,15H,5,12-14H2,1-2H3,(H,22,25). The van der Waals surface area contributed by atoms with E-state index in [1.807, 2.05) is 24.3 Å². The summed E-state index contributed by atoms with van der Waals surface area (Å²) in [5, 5.41) is 0. The smallest absolute Gasteiger partial charge is 0.338 e. The van der Waals surface area contributed by atoms with Crippen molar-refractivity contribution in [2.24, 2.45) is 5.92 Å². The maximum Gasteiger partial charge on any atom is 0.338 e. The Labute approximate surface area is 157 Å². The molecule has 0 aliphatic rings. The predicted octanol–water partition coefficient (Wildman–Crippen LogP) is 3.61. The molecule has 6 heteroatoms. The fraction of sp³-hybridized carbons (Fsp3) is 0.333. The van der Waals surface area contributed by atoms with Crippen LogP contribution in [0.3, 0.4) is 0 Å². The van der Waals surface area contributed by atoms with Gasteiger partial charge in [0.1, 0.15) is 5.75 Å². The first kappa shape index (κ1) is 18.8. The van der Waals surface area contributed by atoms with Gasteiger partial charge in [-0.2, -0.15) is 0 Å². The van der Waals surface area contributed by atoms with Crippen LogP contribution >= 0.6 is 0 Å². The van der Waals surface area contributed by atoms with E-state index in [-0.39, 0.29) is 18.3 Å². The number of hydrogen-bond donors (Lipinski definition) is 1. The lowest BCUT2D eigenvalue weighted by atomic mass is 10.2. The van der Waals surface area contributed by atoms with E-state index >= 15 is 0 Å². The molecule has 0 spiro atoms. The number of esters is 1. The average molecular weight is 368 g/mol. The molecule has 1 N–H and O–H groups in total. The highest BCUT2D eigenvalue weighted by Crippen LogP contribution is 2.14. The van der Waals surface area contributed by atoms with Crippen molar-refractivity contribution in [3.05, 3.63) is 64.6 Å². The number of aromatic amines is 1. The van der Waals surface area contributed by atoms with Crippen LogP contribution in [0.1, 0.15) is 30.6 Å². The summed E-state index contributed by atoms with van der Waals surface area (Å²) < 4.78 is 12.6. The third-order valence-corrected chi connectivity index (χ3v) is 4.11. The van der Waals surface area contributed by atoms with Crippen molar-refractivity contribution in [3.63, 3.8) is 0 Å². The topological polar surface area (TPSA) is 73.3 Å². The summed E-state index contributed by atoms with van der Waals surface area (Å²) in [5.74, 6) is 0.801. The highest BCUT2D eigenvalue weighted by molar-refractivity contribution is 5.89. The second-order valence-electron chi connectivity index (χ2n) is 6.82. The number of nitrogens with zero attached hydrogens (tertiary/aromatic N) is 1. The molecule has 0 saturated carbocycles. The third kappa shape index (κ3) is 4.78. The molecule has 1 heterocycles. The number of aromatic nitrogens is 2. The second-order valence-corrected chi connectivity index (χ2v) is 6.82. The molecule has 142 valence electrons. The molecule has 0 amide bonds. The number of para-hydroxylation sites is 2. The van der Waals surface area contributed by atoms with Crippen molar-refractivity contribution < 1.29 is 14.3 Å². The van der Waals surface area contributed by atoms with Gasteiger partial charge in [0.2, 0.25) is 0 Å². The molecule has 1 aromatic heterocycles. The molecule has 0 aliphatic carbocycles. The molecule has 6 nitrogen and oxygen atoms in total. The molecular weight excluding hydrogens is 344 g/mol. The van der Waals surface area contributed by atoms with Gasteiger partial charge in [-0.1, -0.05) is 26.0 Å². The summed E-state index contributed by atoms with van der Waals surface area (Å²) in [7, 11) is 0. The lowest BCUT2D eigenvalue weighted by Crippen LogP contribution is -2.18. The molecule has 3 rings (SSSR count). The molecular formula is C21H24N2O4. The molecule has 27 heavy (non-hydrogen) atoms. The van der Waals surface area contributed by atoms with E-state index in [1.165, 1.54) is 0 Å². The number of rotatable bonds is 8. The lowest BCUT2D eigenvalue weighted by molar-refractivity contribution is 0.0496. The number of hydrogen-bond acceptors (Lipinski definition) is 4. The molecule has 0 aliphatic heterocycles. The SMILES string of the molecule is CC(C)COc1ccc(C(=O)OCCCn2c(=O)[nH]c3ccccc32)cc1. The first-order valence-corrected chi connectivity index (χ1v) is 9.12. The molecule has 0 bridgehead atoms. The number of fused-ring (bicyclic) bond motifs is 1. The number of imidazole rings is 1. The molecule has 3 aromatic rings. The first-order valence-electron chi connectivity index (χ1n) is 9.12. The molecule has 0 saturated heterocycles. The predicted molar refractivity (Wildman–Crippen MR) is 104 cm³/mol. The minimum absolute atomic E-state index is 0.153. The Morgan fingerprint density at radius 1 is 1.11 bits per heavy atom. The first-order chi connectivity index (χ1) is 13.0. The van der Waals surface area contributed by atoms with Gasteiger partial charge in [-0.15, -0.1) is 0 Å². The summed E-state index contributed by atoms with van der Waals surface area (Å²) in [6.45, 7) is 5.53. The third-order valence-electron chi connectivity index (χ3n) is 4.11. The van der Waals surface area contributed by atoms with Crippen LogP contribution in [0.4, 0.5) is 0 Å². The summed E-state index contributed by atoms with van der Waals surface area (Å²) in [5.41, 5.74) is 1.99. The van der Waals surface area contributed by atoms with Gasteiger partial charge in [-0.25, -0.2) is 9.59 Å². The fourth-order valence-electron chi connectivity index (χ4n) is 2.75. The largest absolute Gasteiger partial charge is 0.493 e. The van der Waals surface area contributed by atoms with E-state index in [0.29, 0.717) is 31.1 Å². The van der Waals surface area contributed by atoms with E-state index in [4.69, 9.17) is 9.47 Å². The number of ether oxygens (including phenoxy) is 2. The quantitative estimate of drug-likeness (QED) is 0.487. The van der Waals surface area contributed by atoms with E-state index in [2.05, 4.69) is 18.8 Å². The normalized spacial score (nSPS) is 11.1. The van der Waals surface area contributed by atoms with E-state index < -0.39 is 0 Å². The Morgan fingerprint density at radius 2 is 1.85 bits per heavy atom.